The number of carbonyl (C=O) groups is 1. The molecule has 9 heteroatoms. The number of nitrogens with one attached hydrogen (secondary N) is 2. The molecule has 1 aliphatic heterocycles. The summed E-state index contributed by atoms with van der Waals surface area (Å²) in [5, 5.41) is 7.06. The van der Waals surface area contributed by atoms with Crippen molar-refractivity contribution in [1.82, 2.24) is 20.2 Å². The Hall–Kier alpha value is -2.55. The number of likely N-dealkylation sites (tertiary alicyclic amines) is 1. The topological polar surface area (TPSA) is 70.2 Å². The lowest BCUT2D eigenvalue weighted by Gasteiger charge is -2.31. The molecule has 6 nitrogen and oxygen atoms in total. The number of amides is 1. The molecule has 4 rings (SSSR count). The Morgan fingerprint density at radius 1 is 1.28 bits per heavy atom. The number of anilines is 2. The number of aromatic nitrogens is 2. The Bertz CT molecular complexity index is 1150. The van der Waals surface area contributed by atoms with E-state index in [1.807, 2.05) is 0 Å². The van der Waals surface area contributed by atoms with Crippen molar-refractivity contribution in [2.45, 2.75) is 32.7 Å². The van der Waals surface area contributed by atoms with Gasteiger partial charge in [-0.3, -0.25) is 9.69 Å². The van der Waals surface area contributed by atoms with E-state index in [1.165, 1.54) is 35.4 Å². The highest BCUT2D eigenvalue weighted by atomic mass is 35.5. The molecule has 2 N–H and O–H groups in total. The summed E-state index contributed by atoms with van der Waals surface area (Å²) in [7, 11) is 0. The number of halogens is 2. The number of carbonyl (C=O) groups excluding carboxylic acids is 1. The molecule has 0 unspecified atom stereocenters. The summed E-state index contributed by atoms with van der Waals surface area (Å²) in [5.74, 6) is -0.0330. The number of hydrogen-bond acceptors (Lipinski definition) is 6. The van der Waals surface area contributed by atoms with E-state index in [1.54, 1.807) is 12.1 Å². The van der Waals surface area contributed by atoms with Crippen molar-refractivity contribution in [3.8, 4) is 0 Å². The van der Waals surface area contributed by atoms with Crippen LogP contribution in [0, 0.1) is 5.82 Å². The fourth-order valence-electron chi connectivity index (χ4n) is 3.61. The second kappa shape index (κ2) is 9.94. The Labute approximate surface area is 195 Å². The van der Waals surface area contributed by atoms with Gasteiger partial charge in [0.15, 0.2) is 0 Å². The minimum Gasteiger partial charge on any atom is -0.349 e. The minimum atomic E-state index is -0.484. The monoisotopic (exact) mass is 473 g/mol. The van der Waals surface area contributed by atoms with E-state index in [9.17, 15) is 9.18 Å². The Morgan fingerprint density at radius 2 is 2.06 bits per heavy atom. The average Bonchev–Trinajstić information content (AvgIpc) is 3.21. The van der Waals surface area contributed by atoms with Gasteiger partial charge in [-0.25, -0.2) is 14.4 Å². The summed E-state index contributed by atoms with van der Waals surface area (Å²) in [5.41, 5.74) is 1.93. The van der Waals surface area contributed by atoms with Crippen LogP contribution in [0.3, 0.4) is 0 Å². The maximum Gasteiger partial charge on any atom is 0.261 e. The molecule has 32 heavy (non-hydrogen) atoms. The van der Waals surface area contributed by atoms with Gasteiger partial charge in [0.2, 0.25) is 0 Å². The van der Waals surface area contributed by atoms with Crippen LogP contribution in [0.4, 0.5) is 15.9 Å². The first kappa shape index (κ1) is 22.6. The van der Waals surface area contributed by atoms with E-state index in [0.29, 0.717) is 21.2 Å². The molecule has 0 bridgehead atoms. The van der Waals surface area contributed by atoms with Crippen LogP contribution in [0.1, 0.15) is 36.4 Å². The van der Waals surface area contributed by atoms with Crippen molar-refractivity contribution in [3.05, 3.63) is 58.0 Å². The second-order valence-corrected chi connectivity index (χ2v) is 9.57. The first-order valence-electron chi connectivity index (χ1n) is 10.5. The van der Waals surface area contributed by atoms with E-state index in [-0.39, 0.29) is 17.0 Å². The second-order valence-electron chi connectivity index (χ2n) is 8.14. The van der Waals surface area contributed by atoms with Gasteiger partial charge >= 0.3 is 0 Å². The van der Waals surface area contributed by atoms with Gasteiger partial charge in [-0.05, 0) is 51.0 Å². The third-order valence-corrected chi connectivity index (χ3v) is 6.75. The van der Waals surface area contributed by atoms with Crippen LogP contribution in [0.25, 0.3) is 10.2 Å². The van der Waals surface area contributed by atoms with E-state index < -0.39 is 5.82 Å². The number of piperidine rings is 1. The Balaban J connectivity index is 1.42. The standard InChI is InChI=1S/C23H25ClFN5OS/c1-14(2)5-8-30-9-6-15(7-10-30)29-22(31)20-12-17-21(26-13-27-23(17)32-20)28-16-3-4-19(25)18(24)11-16/h3-5,11-13,15H,6-10H2,1-2H3,(H,29,31)(H,26,27,28). The molecular formula is C23H25ClFN5OS. The number of rotatable bonds is 6. The summed E-state index contributed by atoms with van der Waals surface area (Å²) >= 11 is 7.20. The Kier molecular flexibility index (Phi) is 7.03. The number of allylic oxidation sites excluding steroid dienone is 1. The molecule has 0 spiro atoms. The molecule has 1 amide bonds. The van der Waals surface area contributed by atoms with Crippen molar-refractivity contribution < 1.29 is 9.18 Å². The van der Waals surface area contributed by atoms with Crippen LogP contribution in [-0.2, 0) is 0 Å². The molecule has 2 aromatic heterocycles. The molecular weight excluding hydrogens is 449 g/mol. The van der Waals surface area contributed by atoms with Crippen molar-refractivity contribution in [2.75, 3.05) is 25.0 Å². The predicted octanol–water partition coefficient (Wildman–Crippen LogP) is 5.39. The van der Waals surface area contributed by atoms with Gasteiger partial charge in [0.05, 0.1) is 15.3 Å². The van der Waals surface area contributed by atoms with Crippen LogP contribution < -0.4 is 10.6 Å². The minimum absolute atomic E-state index is 0.0255. The highest BCUT2D eigenvalue weighted by Crippen LogP contribution is 2.31. The highest BCUT2D eigenvalue weighted by Gasteiger charge is 2.22. The van der Waals surface area contributed by atoms with Gasteiger partial charge in [0.25, 0.3) is 5.91 Å². The van der Waals surface area contributed by atoms with Gasteiger partial charge in [0, 0.05) is 31.4 Å². The van der Waals surface area contributed by atoms with Gasteiger partial charge < -0.3 is 10.6 Å². The maximum atomic E-state index is 13.4. The van der Waals surface area contributed by atoms with Gasteiger partial charge in [-0.1, -0.05) is 23.3 Å². The molecule has 1 fully saturated rings. The quantitative estimate of drug-likeness (QED) is 0.470. The fourth-order valence-corrected chi connectivity index (χ4v) is 4.69. The fraction of sp³-hybridized carbons (Fsp3) is 0.348. The van der Waals surface area contributed by atoms with Crippen LogP contribution in [0.5, 0.6) is 0 Å². The normalized spacial score (nSPS) is 15.0. The van der Waals surface area contributed by atoms with E-state index >= 15 is 0 Å². The first-order valence-corrected chi connectivity index (χ1v) is 11.7. The van der Waals surface area contributed by atoms with Crippen molar-refractivity contribution in [2.24, 2.45) is 0 Å². The highest BCUT2D eigenvalue weighted by molar-refractivity contribution is 7.20. The van der Waals surface area contributed by atoms with E-state index in [0.717, 1.165) is 37.9 Å². The number of benzene rings is 1. The SMILES string of the molecule is CC(C)=CCN1CCC(NC(=O)c2cc3c(Nc4ccc(F)c(Cl)c4)ncnc3s2)CC1. The smallest absolute Gasteiger partial charge is 0.261 e. The van der Waals surface area contributed by atoms with Crippen molar-refractivity contribution in [1.29, 1.82) is 0 Å². The van der Waals surface area contributed by atoms with E-state index in [4.69, 9.17) is 11.6 Å². The lowest BCUT2D eigenvalue weighted by Crippen LogP contribution is -2.44. The van der Waals surface area contributed by atoms with E-state index in [2.05, 4.69) is 45.4 Å². The maximum absolute atomic E-state index is 13.4. The molecule has 3 aromatic rings. The molecule has 168 valence electrons. The van der Waals surface area contributed by atoms with Gasteiger partial charge in [0.1, 0.15) is 22.8 Å². The first-order chi connectivity index (χ1) is 15.4. The summed E-state index contributed by atoms with van der Waals surface area (Å²) < 4.78 is 13.4. The number of thiophene rings is 1. The summed E-state index contributed by atoms with van der Waals surface area (Å²) in [6.45, 7) is 7.13. The third kappa shape index (κ3) is 5.43. The molecule has 1 saturated heterocycles. The molecule has 3 heterocycles. The zero-order valence-electron chi connectivity index (χ0n) is 18.0. The lowest BCUT2D eigenvalue weighted by molar-refractivity contribution is 0.0918. The molecule has 1 aromatic carbocycles. The summed E-state index contributed by atoms with van der Waals surface area (Å²) in [6.07, 6.45) is 5.55. The zero-order chi connectivity index (χ0) is 22.7. The largest absolute Gasteiger partial charge is 0.349 e. The molecule has 0 radical (unpaired) electrons. The van der Waals surface area contributed by atoms with Crippen LogP contribution >= 0.6 is 22.9 Å². The van der Waals surface area contributed by atoms with Gasteiger partial charge in [-0.2, -0.15) is 0 Å². The zero-order valence-corrected chi connectivity index (χ0v) is 19.6. The van der Waals surface area contributed by atoms with Gasteiger partial charge in [-0.15, -0.1) is 11.3 Å². The number of fused-ring (bicyclic) bond motifs is 1. The Morgan fingerprint density at radius 3 is 2.78 bits per heavy atom. The summed E-state index contributed by atoms with van der Waals surface area (Å²) in [6, 6.07) is 6.34. The number of nitrogens with zero attached hydrogens (tertiary/aromatic N) is 3. The van der Waals surface area contributed by atoms with Crippen LogP contribution in [0.2, 0.25) is 5.02 Å². The summed E-state index contributed by atoms with van der Waals surface area (Å²) in [4.78, 5) is 25.2. The number of hydrogen-bond donors (Lipinski definition) is 2. The molecule has 0 aliphatic carbocycles. The average molecular weight is 474 g/mol. The van der Waals surface area contributed by atoms with Crippen LogP contribution in [-0.4, -0.2) is 46.5 Å². The molecule has 0 saturated carbocycles. The molecule has 0 atom stereocenters. The van der Waals surface area contributed by atoms with Crippen molar-refractivity contribution >= 4 is 50.6 Å². The predicted molar refractivity (Wildman–Crippen MR) is 128 cm³/mol. The molecule has 1 aliphatic rings. The lowest BCUT2D eigenvalue weighted by atomic mass is 10.0. The third-order valence-electron chi connectivity index (χ3n) is 5.42. The van der Waals surface area contributed by atoms with Crippen LogP contribution in [0.15, 0.2) is 42.2 Å². The van der Waals surface area contributed by atoms with Crippen molar-refractivity contribution in [3.63, 3.8) is 0 Å².